The SMILES string of the molecule is CC(C)(C)[Si](O[C@@H]1CCCC[C@@]12CCCC2=O)(c1ccccc1)c1ccccc1. The number of ketones is 1. The van der Waals surface area contributed by atoms with E-state index in [1.165, 1.54) is 10.4 Å². The van der Waals surface area contributed by atoms with Crippen LogP contribution in [-0.2, 0) is 9.22 Å². The molecule has 2 aliphatic carbocycles. The molecule has 0 bridgehead atoms. The van der Waals surface area contributed by atoms with E-state index in [1.54, 1.807) is 0 Å². The molecule has 154 valence electrons. The third-order valence-electron chi connectivity index (χ3n) is 7.27. The number of rotatable bonds is 4. The van der Waals surface area contributed by atoms with Gasteiger partial charge in [-0.25, -0.2) is 0 Å². The molecule has 0 radical (unpaired) electrons. The van der Waals surface area contributed by atoms with Crippen molar-refractivity contribution in [2.75, 3.05) is 0 Å². The predicted octanol–water partition coefficient (Wildman–Crippen LogP) is 5.25. The summed E-state index contributed by atoms with van der Waals surface area (Å²) in [6.45, 7) is 6.97. The molecule has 2 fully saturated rings. The molecule has 29 heavy (non-hydrogen) atoms. The molecular formula is C26H34O2Si. The molecule has 2 nitrogen and oxygen atoms in total. The summed E-state index contributed by atoms with van der Waals surface area (Å²) >= 11 is 0. The van der Waals surface area contributed by atoms with E-state index in [0.717, 1.165) is 44.9 Å². The van der Waals surface area contributed by atoms with Crippen LogP contribution in [0.25, 0.3) is 0 Å². The molecule has 0 heterocycles. The zero-order valence-corrected chi connectivity index (χ0v) is 19.1. The molecule has 0 amide bonds. The summed E-state index contributed by atoms with van der Waals surface area (Å²) in [6.07, 6.45) is 7.15. The van der Waals surface area contributed by atoms with Crippen molar-refractivity contribution in [1.29, 1.82) is 0 Å². The maximum Gasteiger partial charge on any atom is 0.261 e. The lowest BCUT2D eigenvalue weighted by molar-refractivity contribution is -0.134. The molecule has 2 saturated carbocycles. The van der Waals surface area contributed by atoms with Gasteiger partial charge in [-0.3, -0.25) is 4.79 Å². The molecular weight excluding hydrogens is 372 g/mol. The Morgan fingerprint density at radius 3 is 1.90 bits per heavy atom. The molecule has 2 atom stereocenters. The summed E-state index contributed by atoms with van der Waals surface area (Å²) in [5.74, 6) is 0.458. The summed E-state index contributed by atoms with van der Waals surface area (Å²) in [7, 11) is -2.61. The van der Waals surface area contributed by atoms with Crippen LogP contribution in [0.1, 0.15) is 65.7 Å². The second kappa shape index (κ2) is 7.85. The Morgan fingerprint density at radius 2 is 1.41 bits per heavy atom. The highest BCUT2D eigenvalue weighted by atomic mass is 28.4. The quantitative estimate of drug-likeness (QED) is 0.649. The van der Waals surface area contributed by atoms with Crippen LogP contribution in [0.2, 0.25) is 5.04 Å². The first kappa shape index (κ1) is 20.6. The number of carbonyl (C=O) groups excluding carboxylic acids is 1. The lowest BCUT2D eigenvalue weighted by Crippen LogP contribution is -2.69. The highest BCUT2D eigenvalue weighted by molar-refractivity contribution is 6.99. The molecule has 3 heteroatoms. The minimum absolute atomic E-state index is 0.0394. The van der Waals surface area contributed by atoms with Crippen LogP contribution in [0.3, 0.4) is 0 Å². The number of Topliss-reactive ketones (excluding diaryl/α,β-unsaturated/α-hetero) is 1. The number of hydrogen-bond donors (Lipinski definition) is 0. The topological polar surface area (TPSA) is 26.3 Å². The van der Waals surface area contributed by atoms with Crippen molar-refractivity contribution >= 4 is 24.5 Å². The smallest absolute Gasteiger partial charge is 0.261 e. The summed E-state index contributed by atoms with van der Waals surface area (Å²) in [5.41, 5.74) is -0.245. The van der Waals surface area contributed by atoms with Crippen LogP contribution < -0.4 is 10.4 Å². The zero-order chi connectivity index (χ0) is 20.5. The van der Waals surface area contributed by atoms with Gasteiger partial charge in [0.2, 0.25) is 0 Å². The highest BCUT2D eigenvalue weighted by Crippen LogP contribution is 2.50. The van der Waals surface area contributed by atoms with Crippen molar-refractivity contribution in [1.82, 2.24) is 0 Å². The van der Waals surface area contributed by atoms with Gasteiger partial charge in [0, 0.05) is 6.42 Å². The van der Waals surface area contributed by atoms with Crippen LogP contribution in [0.15, 0.2) is 60.7 Å². The Hall–Kier alpha value is -1.71. The Morgan fingerprint density at radius 1 is 0.862 bits per heavy atom. The Bertz CT molecular complexity index is 801. The van der Waals surface area contributed by atoms with Crippen molar-refractivity contribution in [2.24, 2.45) is 5.41 Å². The average Bonchev–Trinajstić information content (AvgIpc) is 3.08. The average molecular weight is 407 g/mol. The van der Waals surface area contributed by atoms with E-state index in [1.807, 2.05) is 0 Å². The van der Waals surface area contributed by atoms with E-state index in [0.29, 0.717) is 5.78 Å². The standard InChI is InChI=1S/C26H34O2Si/c1-25(2,3)29(21-13-6-4-7-14-21,22-15-8-5-9-16-22)28-24-18-10-11-19-26(24)20-12-17-23(26)27/h4-9,13-16,24H,10-12,17-20H2,1-3H3/t24-,26+/m1/s1. The van der Waals surface area contributed by atoms with Crippen molar-refractivity contribution in [3.63, 3.8) is 0 Å². The second-order valence-corrected chi connectivity index (χ2v) is 14.2. The van der Waals surface area contributed by atoms with Gasteiger partial charge in [-0.15, -0.1) is 0 Å². The van der Waals surface area contributed by atoms with Gasteiger partial charge in [-0.1, -0.05) is 94.3 Å². The van der Waals surface area contributed by atoms with E-state index >= 15 is 0 Å². The summed E-state index contributed by atoms with van der Waals surface area (Å²) in [6, 6.07) is 21.7. The molecule has 0 N–H and O–H groups in total. The molecule has 2 aliphatic rings. The lowest BCUT2D eigenvalue weighted by Gasteiger charge is -2.50. The molecule has 0 saturated heterocycles. The Labute approximate surface area is 176 Å². The lowest BCUT2D eigenvalue weighted by atomic mass is 9.70. The third kappa shape index (κ3) is 3.42. The monoisotopic (exact) mass is 406 g/mol. The van der Waals surface area contributed by atoms with E-state index in [4.69, 9.17) is 4.43 Å². The summed E-state index contributed by atoms with van der Waals surface area (Å²) in [4.78, 5) is 13.1. The second-order valence-electron chi connectivity index (χ2n) is 9.95. The molecule has 0 aliphatic heterocycles. The fraction of sp³-hybridized carbons (Fsp3) is 0.500. The summed E-state index contributed by atoms with van der Waals surface area (Å²) < 4.78 is 7.44. The van der Waals surface area contributed by atoms with Gasteiger partial charge < -0.3 is 4.43 Å². The van der Waals surface area contributed by atoms with Crippen LogP contribution in [0.4, 0.5) is 0 Å². The van der Waals surface area contributed by atoms with Crippen molar-refractivity contribution < 1.29 is 9.22 Å². The number of hydrogen-bond acceptors (Lipinski definition) is 2. The number of carbonyl (C=O) groups is 1. The molecule has 2 aromatic rings. The minimum atomic E-state index is -2.61. The van der Waals surface area contributed by atoms with Crippen LogP contribution >= 0.6 is 0 Å². The maximum absolute atomic E-state index is 13.1. The van der Waals surface area contributed by atoms with Gasteiger partial charge in [0.15, 0.2) is 0 Å². The molecule has 4 rings (SSSR count). The molecule has 0 unspecified atom stereocenters. The fourth-order valence-corrected chi connectivity index (χ4v) is 10.6. The first-order valence-electron chi connectivity index (χ1n) is 11.2. The van der Waals surface area contributed by atoms with E-state index < -0.39 is 8.32 Å². The van der Waals surface area contributed by atoms with Crippen LogP contribution in [-0.4, -0.2) is 20.2 Å². The first-order chi connectivity index (χ1) is 13.9. The predicted molar refractivity (Wildman–Crippen MR) is 122 cm³/mol. The Kier molecular flexibility index (Phi) is 5.56. The highest BCUT2D eigenvalue weighted by Gasteiger charge is 2.57. The van der Waals surface area contributed by atoms with Crippen LogP contribution in [0.5, 0.6) is 0 Å². The largest absolute Gasteiger partial charge is 0.403 e. The van der Waals surface area contributed by atoms with E-state index in [-0.39, 0.29) is 16.6 Å². The van der Waals surface area contributed by atoms with Crippen molar-refractivity contribution in [3.05, 3.63) is 60.7 Å². The van der Waals surface area contributed by atoms with Gasteiger partial charge >= 0.3 is 0 Å². The van der Waals surface area contributed by atoms with Gasteiger partial charge in [0.05, 0.1) is 11.5 Å². The van der Waals surface area contributed by atoms with Gasteiger partial charge in [0.1, 0.15) is 5.78 Å². The third-order valence-corrected chi connectivity index (χ3v) is 12.3. The Balaban J connectivity index is 1.88. The first-order valence-corrected chi connectivity index (χ1v) is 13.1. The summed E-state index contributed by atoms with van der Waals surface area (Å²) in [5, 5.41) is 2.57. The van der Waals surface area contributed by atoms with Gasteiger partial charge in [-0.2, -0.15) is 0 Å². The maximum atomic E-state index is 13.1. The fourth-order valence-electron chi connectivity index (χ4n) is 5.84. The zero-order valence-electron chi connectivity index (χ0n) is 18.1. The van der Waals surface area contributed by atoms with E-state index in [9.17, 15) is 4.79 Å². The molecule has 1 spiro atoms. The molecule has 2 aromatic carbocycles. The minimum Gasteiger partial charge on any atom is -0.403 e. The van der Waals surface area contributed by atoms with Crippen molar-refractivity contribution in [2.45, 2.75) is 76.9 Å². The van der Waals surface area contributed by atoms with Crippen LogP contribution in [0, 0.1) is 5.41 Å². The van der Waals surface area contributed by atoms with Crippen molar-refractivity contribution in [3.8, 4) is 0 Å². The van der Waals surface area contributed by atoms with Gasteiger partial charge in [0.25, 0.3) is 8.32 Å². The molecule has 0 aromatic heterocycles. The van der Waals surface area contributed by atoms with Gasteiger partial charge in [-0.05, 0) is 41.1 Å². The number of benzene rings is 2. The normalized spacial score (nSPS) is 25.5. The van der Waals surface area contributed by atoms with E-state index in [2.05, 4.69) is 81.4 Å².